The second-order valence-electron chi connectivity index (χ2n) is 4.10. The highest BCUT2D eigenvalue weighted by Crippen LogP contribution is 2.28. The molecule has 5 heteroatoms. The Labute approximate surface area is 110 Å². The number of thiophene rings is 1. The first-order chi connectivity index (χ1) is 8.59. The smallest absolute Gasteiger partial charge is 0.250 e. The minimum atomic E-state index is -0.463. The second kappa shape index (κ2) is 5.10. The van der Waals surface area contributed by atoms with E-state index in [4.69, 9.17) is 11.5 Å². The van der Waals surface area contributed by atoms with E-state index in [-0.39, 0.29) is 0 Å². The van der Waals surface area contributed by atoms with Gasteiger partial charge in [-0.1, -0.05) is 6.07 Å². The molecule has 2 aromatic rings. The van der Waals surface area contributed by atoms with Crippen LogP contribution in [0.5, 0.6) is 0 Å². The molecule has 4 N–H and O–H groups in total. The van der Waals surface area contributed by atoms with Crippen molar-refractivity contribution in [1.29, 1.82) is 0 Å². The zero-order valence-electron chi connectivity index (χ0n) is 10.1. The van der Waals surface area contributed by atoms with Gasteiger partial charge in [0.05, 0.1) is 16.9 Å². The predicted molar refractivity (Wildman–Crippen MR) is 75.8 cm³/mol. The van der Waals surface area contributed by atoms with Gasteiger partial charge in [0.1, 0.15) is 0 Å². The number of nitrogen functional groups attached to an aromatic ring is 1. The fraction of sp³-hybridized carbons (Fsp3) is 0.154. The summed E-state index contributed by atoms with van der Waals surface area (Å²) < 4.78 is 0. The Morgan fingerprint density at radius 2 is 2.17 bits per heavy atom. The molecule has 2 rings (SSSR count). The number of nitrogens with two attached hydrogens (primary N) is 2. The van der Waals surface area contributed by atoms with E-state index in [2.05, 4.69) is 5.38 Å². The van der Waals surface area contributed by atoms with Gasteiger partial charge < -0.3 is 16.4 Å². The molecule has 0 fully saturated rings. The van der Waals surface area contributed by atoms with Crippen molar-refractivity contribution < 1.29 is 4.79 Å². The lowest BCUT2D eigenvalue weighted by atomic mass is 10.1. The quantitative estimate of drug-likeness (QED) is 0.827. The number of carbonyl (C=O) groups is 1. The number of carbonyl (C=O) groups excluding carboxylic acids is 1. The third kappa shape index (κ3) is 2.46. The van der Waals surface area contributed by atoms with E-state index in [9.17, 15) is 4.79 Å². The molecule has 0 aliphatic carbocycles. The molecule has 0 bridgehead atoms. The molecule has 0 saturated carbocycles. The predicted octanol–water partition coefficient (Wildman–Crippen LogP) is 2.07. The normalized spacial score (nSPS) is 10.3. The van der Waals surface area contributed by atoms with Crippen molar-refractivity contribution in [2.75, 3.05) is 17.7 Å². The number of amides is 1. The van der Waals surface area contributed by atoms with E-state index in [0.717, 1.165) is 0 Å². The van der Waals surface area contributed by atoms with Gasteiger partial charge >= 0.3 is 0 Å². The monoisotopic (exact) mass is 261 g/mol. The number of hydrogen-bond donors (Lipinski definition) is 2. The molecule has 4 nitrogen and oxygen atoms in total. The Hall–Kier alpha value is -2.01. The molecule has 0 aliphatic rings. The summed E-state index contributed by atoms with van der Waals surface area (Å²) in [4.78, 5) is 13.4. The first kappa shape index (κ1) is 12.4. The molecule has 0 unspecified atom stereocenters. The Morgan fingerprint density at radius 1 is 1.39 bits per heavy atom. The summed E-state index contributed by atoms with van der Waals surface area (Å²) in [6, 6.07) is 7.24. The Kier molecular flexibility index (Phi) is 3.53. The number of anilines is 2. The first-order valence-corrected chi connectivity index (χ1v) is 6.44. The Balaban J connectivity index is 2.34. The molecule has 1 aromatic carbocycles. The van der Waals surface area contributed by atoms with E-state index in [1.54, 1.807) is 29.5 Å². The molecule has 0 aliphatic heterocycles. The van der Waals surface area contributed by atoms with Crippen molar-refractivity contribution in [3.8, 4) is 0 Å². The van der Waals surface area contributed by atoms with Crippen LogP contribution < -0.4 is 16.4 Å². The maximum absolute atomic E-state index is 11.4. The van der Waals surface area contributed by atoms with E-state index in [1.165, 1.54) is 5.56 Å². The summed E-state index contributed by atoms with van der Waals surface area (Å²) in [5.74, 6) is -0.463. The molecule has 0 saturated heterocycles. The molecule has 0 spiro atoms. The highest BCUT2D eigenvalue weighted by Gasteiger charge is 2.15. The van der Waals surface area contributed by atoms with Crippen molar-refractivity contribution in [2.24, 2.45) is 5.73 Å². The third-order valence-electron chi connectivity index (χ3n) is 2.71. The molecule has 1 amide bonds. The molecule has 1 aromatic heterocycles. The summed E-state index contributed by atoms with van der Waals surface area (Å²) in [6.45, 7) is 0.692. The average Bonchev–Trinajstić information content (AvgIpc) is 2.81. The fourth-order valence-electron chi connectivity index (χ4n) is 1.92. The van der Waals surface area contributed by atoms with Crippen LogP contribution in [0.2, 0.25) is 0 Å². The molecule has 18 heavy (non-hydrogen) atoms. The Morgan fingerprint density at radius 3 is 2.78 bits per heavy atom. The van der Waals surface area contributed by atoms with Crippen LogP contribution in [0.15, 0.2) is 35.0 Å². The average molecular weight is 261 g/mol. The van der Waals surface area contributed by atoms with Crippen LogP contribution in [0.4, 0.5) is 11.4 Å². The minimum absolute atomic E-state index is 0.452. The van der Waals surface area contributed by atoms with Gasteiger partial charge in [0, 0.05) is 13.6 Å². The summed E-state index contributed by atoms with van der Waals surface area (Å²) in [6.07, 6.45) is 0. The van der Waals surface area contributed by atoms with Crippen LogP contribution in [0.3, 0.4) is 0 Å². The molecular formula is C13H15N3OS. The summed E-state index contributed by atoms with van der Waals surface area (Å²) in [5, 5.41) is 4.09. The van der Waals surface area contributed by atoms with Gasteiger partial charge in [0.15, 0.2) is 0 Å². The van der Waals surface area contributed by atoms with Crippen molar-refractivity contribution in [2.45, 2.75) is 6.54 Å². The van der Waals surface area contributed by atoms with E-state index in [0.29, 0.717) is 23.5 Å². The number of benzene rings is 1. The van der Waals surface area contributed by atoms with Crippen molar-refractivity contribution in [3.63, 3.8) is 0 Å². The van der Waals surface area contributed by atoms with Gasteiger partial charge in [-0.2, -0.15) is 11.3 Å². The summed E-state index contributed by atoms with van der Waals surface area (Å²) in [5.41, 5.74) is 14.2. The minimum Gasteiger partial charge on any atom is -0.397 e. The molecule has 0 atom stereocenters. The maximum Gasteiger partial charge on any atom is 0.250 e. The van der Waals surface area contributed by atoms with Gasteiger partial charge in [0.25, 0.3) is 5.91 Å². The van der Waals surface area contributed by atoms with Crippen LogP contribution in [0.25, 0.3) is 0 Å². The lowest BCUT2D eigenvalue weighted by molar-refractivity contribution is 0.100. The topological polar surface area (TPSA) is 72.3 Å². The zero-order valence-corrected chi connectivity index (χ0v) is 10.9. The van der Waals surface area contributed by atoms with Crippen LogP contribution >= 0.6 is 11.3 Å². The number of para-hydroxylation sites is 1. The third-order valence-corrected chi connectivity index (χ3v) is 3.45. The van der Waals surface area contributed by atoms with Gasteiger partial charge in [0.2, 0.25) is 0 Å². The Bertz CT molecular complexity index is 551. The second-order valence-corrected chi connectivity index (χ2v) is 4.88. The summed E-state index contributed by atoms with van der Waals surface area (Å²) >= 11 is 1.64. The fourth-order valence-corrected chi connectivity index (χ4v) is 2.58. The van der Waals surface area contributed by atoms with Crippen LogP contribution in [0.1, 0.15) is 15.9 Å². The van der Waals surface area contributed by atoms with E-state index in [1.807, 2.05) is 23.4 Å². The number of hydrogen-bond acceptors (Lipinski definition) is 4. The molecule has 94 valence electrons. The highest BCUT2D eigenvalue weighted by atomic mass is 32.1. The standard InChI is InChI=1S/C13H15N3OS/c1-16(7-9-5-6-18-8-9)12-10(13(15)17)3-2-4-11(12)14/h2-6,8H,7,14H2,1H3,(H2,15,17). The molecular weight excluding hydrogens is 246 g/mol. The maximum atomic E-state index is 11.4. The van der Waals surface area contributed by atoms with Crippen molar-refractivity contribution in [3.05, 3.63) is 46.2 Å². The van der Waals surface area contributed by atoms with E-state index >= 15 is 0 Å². The number of nitrogens with zero attached hydrogens (tertiary/aromatic N) is 1. The van der Waals surface area contributed by atoms with Gasteiger partial charge in [-0.3, -0.25) is 4.79 Å². The van der Waals surface area contributed by atoms with Gasteiger partial charge in [-0.15, -0.1) is 0 Å². The van der Waals surface area contributed by atoms with Gasteiger partial charge in [-0.05, 0) is 34.5 Å². The van der Waals surface area contributed by atoms with Crippen LogP contribution in [0, 0.1) is 0 Å². The van der Waals surface area contributed by atoms with Gasteiger partial charge in [-0.25, -0.2) is 0 Å². The van der Waals surface area contributed by atoms with E-state index < -0.39 is 5.91 Å². The number of rotatable bonds is 4. The zero-order chi connectivity index (χ0) is 13.1. The lowest BCUT2D eigenvalue weighted by Gasteiger charge is -2.22. The molecule has 1 heterocycles. The van der Waals surface area contributed by atoms with Crippen LogP contribution in [-0.4, -0.2) is 13.0 Å². The lowest BCUT2D eigenvalue weighted by Crippen LogP contribution is -2.23. The van der Waals surface area contributed by atoms with Crippen molar-refractivity contribution in [1.82, 2.24) is 0 Å². The largest absolute Gasteiger partial charge is 0.397 e. The molecule has 0 radical (unpaired) electrons. The highest BCUT2D eigenvalue weighted by molar-refractivity contribution is 7.07. The van der Waals surface area contributed by atoms with Crippen LogP contribution in [-0.2, 0) is 6.54 Å². The SMILES string of the molecule is CN(Cc1ccsc1)c1c(N)cccc1C(N)=O. The summed E-state index contributed by atoms with van der Waals surface area (Å²) in [7, 11) is 1.90. The number of primary amides is 1. The van der Waals surface area contributed by atoms with Crippen molar-refractivity contribution >= 4 is 28.6 Å². The first-order valence-electron chi connectivity index (χ1n) is 5.50.